The second kappa shape index (κ2) is 7.01. The van der Waals surface area contributed by atoms with Crippen LogP contribution in [0.3, 0.4) is 0 Å². The summed E-state index contributed by atoms with van der Waals surface area (Å²) in [5.41, 5.74) is 1.48. The predicted molar refractivity (Wildman–Crippen MR) is 97.5 cm³/mol. The number of para-hydroxylation sites is 2. The highest BCUT2D eigenvalue weighted by Gasteiger charge is 2.23. The SMILES string of the molecule is C[NH+]1CCN(c2ccccc2NS(=O)(=O)c2ccccc2Cl)CC1. The summed E-state index contributed by atoms with van der Waals surface area (Å²) in [7, 11) is -1.56. The Morgan fingerprint density at radius 1 is 1.04 bits per heavy atom. The Morgan fingerprint density at radius 3 is 2.38 bits per heavy atom. The topological polar surface area (TPSA) is 53.9 Å². The van der Waals surface area contributed by atoms with Gasteiger partial charge < -0.3 is 9.80 Å². The highest BCUT2D eigenvalue weighted by Crippen LogP contribution is 2.29. The zero-order valence-corrected chi connectivity index (χ0v) is 15.1. The van der Waals surface area contributed by atoms with Gasteiger partial charge in [0.2, 0.25) is 0 Å². The molecule has 0 bridgehead atoms. The molecule has 1 aliphatic rings. The third kappa shape index (κ3) is 3.66. The van der Waals surface area contributed by atoms with Gasteiger partial charge in [0.05, 0.1) is 49.6 Å². The van der Waals surface area contributed by atoms with Crippen molar-refractivity contribution in [2.45, 2.75) is 4.90 Å². The Balaban J connectivity index is 1.89. The van der Waals surface area contributed by atoms with Gasteiger partial charge in [-0.2, -0.15) is 0 Å². The van der Waals surface area contributed by atoms with Crippen LogP contribution in [0.5, 0.6) is 0 Å². The van der Waals surface area contributed by atoms with Gasteiger partial charge in [-0.25, -0.2) is 8.42 Å². The number of nitrogens with one attached hydrogen (secondary N) is 2. The summed E-state index contributed by atoms with van der Waals surface area (Å²) < 4.78 is 28.1. The summed E-state index contributed by atoms with van der Waals surface area (Å²) in [5, 5.41) is 0.214. The smallest absolute Gasteiger partial charge is 0.263 e. The molecular weight excluding hydrogens is 346 g/mol. The maximum absolute atomic E-state index is 12.7. The lowest BCUT2D eigenvalue weighted by Gasteiger charge is -2.33. The number of sulfonamides is 1. The average Bonchev–Trinajstić information content (AvgIpc) is 2.56. The number of hydrogen-bond donors (Lipinski definition) is 2. The van der Waals surface area contributed by atoms with Gasteiger partial charge in [-0.3, -0.25) is 4.72 Å². The first-order valence-electron chi connectivity index (χ1n) is 7.90. The third-order valence-corrected chi connectivity index (χ3v) is 6.10. The van der Waals surface area contributed by atoms with E-state index in [4.69, 9.17) is 11.6 Å². The van der Waals surface area contributed by atoms with E-state index in [1.807, 2.05) is 18.2 Å². The summed E-state index contributed by atoms with van der Waals surface area (Å²) in [6.45, 7) is 3.87. The van der Waals surface area contributed by atoms with E-state index in [1.165, 1.54) is 11.0 Å². The van der Waals surface area contributed by atoms with Crippen molar-refractivity contribution in [3.8, 4) is 0 Å². The molecule has 7 heteroatoms. The van der Waals surface area contributed by atoms with Crippen LogP contribution in [0.25, 0.3) is 0 Å². The van der Waals surface area contributed by atoms with Crippen molar-refractivity contribution in [3.63, 3.8) is 0 Å². The van der Waals surface area contributed by atoms with Crippen molar-refractivity contribution in [1.29, 1.82) is 0 Å². The number of rotatable bonds is 4. The van der Waals surface area contributed by atoms with Crippen LogP contribution >= 0.6 is 11.6 Å². The number of anilines is 2. The Kier molecular flexibility index (Phi) is 4.99. The first kappa shape index (κ1) is 17.1. The van der Waals surface area contributed by atoms with Crippen LogP contribution in [-0.4, -0.2) is 41.6 Å². The number of halogens is 1. The van der Waals surface area contributed by atoms with E-state index >= 15 is 0 Å². The monoisotopic (exact) mass is 366 g/mol. The number of nitrogens with zero attached hydrogens (tertiary/aromatic N) is 1. The van der Waals surface area contributed by atoms with Crippen molar-refractivity contribution >= 4 is 33.0 Å². The summed E-state index contributed by atoms with van der Waals surface area (Å²) in [6, 6.07) is 13.9. The molecule has 2 aromatic carbocycles. The van der Waals surface area contributed by atoms with Crippen LogP contribution in [0.15, 0.2) is 53.4 Å². The lowest BCUT2D eigenvalue weighted by atomic mass is 10.2. The fourth-order valence-corrected chi connectivity index (χ4v) is 4.42. The van der Waals surface area contributed by atoms with Gasteiger partial charge in [0.15, 0.2) is 0 Å². The highest BCUT2D eigenvalue weighted by atomic mass is 35.5. The zero-order chi connectivity index (χ0) is 17.2. The molecule has 0 aromatic heterocycles. The minimum absolute atomic E-state index is 0.0873. The minimum atomic E-state index is -3.73. The lowest BCUT2D eigenvalue weighted by Crippen LogP contribution is -3.12. The van der Waals surface area contributed by atoms with Gasteiger partial charge in [-0.15, -0.1) is 0 Å². The maximum Gasteiger partial charge on any atom is 0.263 e. The fourth-order valence-electron chi connectivity index (χ4n) is 2.83. The van der Waals surface area contributed by atoms with Crippen LogP contribution < -0.4 is 14.5 Å². The van der Waals surface area contributed by atoms with E-state index in [2.05, 4.69) is 16.7 Å². The maximum atomic E-state index is 12.7. The minimum Gasteiger partial charge on any atom is -0.359 e. The van der Waals surface area contributed by atoms with Gasteiger partial charge in [-0.05, 0) is 24.3 Å². The third-order valence-electron chi connectivity index (χ3n) is 4.23. The number of benzene rings is 2. The van der Waals surface area contributed by atoms with Crippen molar-refractivity contribution in [2.75, 3.05) is 42.8 Å². The molecule has 2 aromatic rings. The van der Waals surface area contributed by atoms with E-state index in [9.17, 15) is 8.42 Å². The Bertz CT molecular complexity index is 818. The molecule has 0 radical (unpaired) electrons. The zero-order valence-electron chi connectivity index (χ0n) is 13.5. The van der Waals surface area contributed by atoms with Crippen molar-refractivity contribution < 1.29 is 13.3 Å². The second-order valence-electron chi connectivity index (χ2n) is 6.00. The Labute approximate surface area is 147 Å². The van der Waals surface area contributed by atoms with Crippen LogP contribution in [0, 0.1) is 0 Å². The molecule has 128 valence electrons. The van der Waals surface area contributed by atoms with E-state index in [0.717, 1.165) is 31.9 Å². The molecule has 2 N–H and O–H groups in total. The fraction of sp³-hybridized carbons (Fsp3) is 0.294. The summed E-state index contributed by atoms with van der Waals surface area (Å²) in [5.74, 6) is 0. The number of quaternary nitrogens is 1. The summed E-state index contributed by atoms with van der Waals surface area (Å²) >= 11 is 6.05. The molecular formula is C17H21ClN3O2S+. The van der Waals surface area contributed by atoms with Gasteiger partial charge in [0.25, 0.3) is 10.0 Å². The summed E-state index contributed by atoms with van der Waals surface area (Å²) in [6.07, 6.45) is 0. The Hall–Kier alpha value is -1.76. The molecule has 1 aliphatic heterocycles. The second-order valence-corrected chi connectivity index (χ2v) is 8.06. The van der Waals surface area contributed by atoms with E-state index in [1.54, 1.807) is 24.3 Å². The van der Waals surface area contributed by atoms with E-state index < -0.39 is 10.0 Å². The van der Waals surface area contributed by atoms with E-state index in [-0.39, 0.29) is 9.92 Å². The van der Waals surface area contributed by atoms with Crippen LogP contribution in [0.2, 0.25) is 5.02 Å². The lowest BCUT2D eigenvalue weighted by molar-refractivity contribution is -0.880. The number of likely N-dealkylation sites (N-methyl/N-ethyl adjacent to an activating group) is 1. The van der Waals surface area contributed by atoms with Crippen LogP contribution in [0.4, 0.5) is 11.4 Å². The largest absolute Gasteiger partial charge is 0.359 e. The quantitative estimate of drug-likeness (QED) is 0.861. The van der Waals surface area contributed by atoms with Crippen molar-refractivity contribution in [3.05, 3.63) is 53.6 Å². The molecule has 3 rings (SSSR count). The number of piperazine rings is 1. The molecule has 0 spiro atoms. The van der Waals surface area contributed by atoms with Gasteiger partial charge in [0.1, 0.15) is 4.90 Å². The average molecular weight is 367 g/mol. The van der Waals surface area contributed by atoms with Gasteiger partial charge >= 0.3 is 0 Å². The van der Waals surface area contributed by atoms with Gasteiger partial charge in [-0.1, -0.05) is 35.9 Å². The van der Waals surface area contributed by atoms with Crippen molar-refractivity contribution in [1.82, 2.24) is 0 Å². The first-order chi connectivity index (χ1) is 11.5. The summed E-state index contributed by atoms with van der Waals surface area (Å²) in [4.78, 5) is 3.79. The molecule has 0 unspecified atom stereocenters. The molecule has 0 amide bonds. The molecule has 1 heterocycles. The molecule has 0 aliphatic carbocycles. The Morgan fingerprint density at radius 2 is 1.67 bits per heavy atom. The molecule has 0 saturated carbocycles. The molecule has 0 atom stereocenters. The molecule has 24 heavy (non-hydrogen) atoms. The standard InChI is InChI=1S/C17H20ClN3O2S/c1-20-10-12-21(13-11-20)16-8-4-3-7-15(16)19-24(22,23)17-9-5-2-6-14(17)18/h2-9,19H,10-13H2,1H3/p+1. The molecule has 1 saturated heterocycles. The van der Waals surface area contributed by atoms with Crippen LogP contribution in [0.1, 0.15) is 0 Å². The predicted octanol–water partition coefficient (Wildman–Crippen LogP) is 1.48. The molecule has 5 nitrogen and oxygen atoms in total. The number of hydrogen-bond acceptors (Lipinski definition) is 3. The first-order valence-corrected chi connectivity index (χ1v) is 9.76. The van der Waals surface area contributed by atoms with Crippen LogP contribution in [-0.2, 0) is 10.0 Å². The van der Waals surface area contributed by atoms with Gasteiger partial charge in [0, 0.05) is 0 Å². The van der Waals surface area contributed by atoms with Crippen molar-refractivity contribution in [2.24, 2.45) is 0 Å². The highest BCUT2D eigenvalue weighted by molar-refractivity contribution is 7.92. The molecule has 1 fully saturated rings. The normalized spacial score (nSPS) is 16.2. The van der Waals surface area contributed by atoms with E-state index in [0.29, 0.717) is 5.69 Å².